The maximum absolute atomic E-state index is 13.7. The third kappa shape index (κ3) is 2.05. The first kappa shape index (κ1) is 12.4. The molecular weight excluding hydrogens is 257 g/mol. The Morgan fingerprint density at radius 2 is 1.80 bits per heavy atom. The summed E-state index contributed by atoms with van der Waals surface area (Å²) in [4.78, 5) is 11.3. The predicted octanol–water partition coefficient (Wildman–Crippen LogP) is 3.53. The van der Waals surface area contributed by atoms with Gasteiger partial charge in [0.05, 0.1) is 12.1 Å². The number of aromatic nitrogens is 1. The number of fused-ring (bicyclic) bond motifs is 1. The van der Waals surface area contributed by atoms with Gasteiger partial charge in [0, 0.05) is 22.7 Å². The minimum atomic E-state index is -0.978. The second-order valence-electron chi connectivity index (χ2n) is 4.58. The van der Waals surface area contributed by atoms with Crippen molar-refractivity contribution in [2.24, 2.45) is 0 Å². The van der Waals surface area contributed by atoms with Gasteiger partial charge in [-0.2, -0.15) is 0 Å². The summed E-state index contributed by atoms with van der Waals surface area (Å²) in [5.41, 5.74) is 1.55. The van der Waals surface area contributed by atoms with Crippen molar-refractivity contribution < 1.29 is 14.3 Å². The van der Waals surface area contributed by atoms with Crippen molar-refractivity contribution >= 4 is 16.9 Å². The first-order valence-electron chi connectivity index (χ1n) is 6.21. The number of carboxylic acid groups (broad SMARTS) is 1. The summed E-state index contributed by atoms with van der Waals surface area (Å²) in [5.74, 6) is -1.27. The average Bonchev–Trinajstić information content (AvgIpc) is 2.81. The van der Waals surface area contributed by atoms with Gasteiger partial charge in [-0.1, -0.05) is 36.4 Å². The van der Waals surface area contributed by atoms with E-state index in [1.54, 1.807) is 41.1 Å². The van der Waals surface area contributed by atoms with E-state index in [1.807, 2.05) is 12.1 Å². The van der Waals surface area contributed by atoms with Gasteiger partial charge in [-0.25, -0.2) is 9.18 Å². The second-order valence-corrected chi connectivity index (χ2v) is 4.58. The number of para-hydroxylation sites is 1. The molecule has 0 radical (unpaired) electrons. The summed E-state index contributed by atoms with van der Waals surface area (Å²) in [5, 5.41) is 9.89. The van der Waals surface area contributed by atoms with Gasteiger partial charge in [-0.3, -0.25) is 0 Å². The van der Waals surface area contributed by atoms with E-state index in [-0.39, 0.29) is 11.4 Å². The van der Waals surface area contributed by atoms with E-state index >= 15 is 0 Å². The van der Waals surface area contributed by atoms with Crippen molar-refractivity contribution in [3.05, 3.63) is 71.7 Å². The molecule has 1 heterocycles. The van der Waals surface area contributed by atoms with Crippen LogP contribution in [0.3, 0.4) is 0 Å². The van der Waals surface area contributed by atoms with Gasteiger partial charge in [-0.05, 0) is 12.1 Å². The van der Waals surface area contributed by atoms with Crippen LogP contribution in [0, 0.1) is 5.82 Å². The number of halogens is 1. The van der Waals surface area contributed by atoms with Gasteiger partial charge >= 0.3 is 5.97 Å². The standard InChI is InChI=1S/C16H12FNO2/c17-14-7-3-1-5-11(14)9-18-10-13(16(19)20)12-6-2-4-8-15(12)18/h1-8,10H,9H2,(H,19,20). The summed E-state index contributed by atoms with van der Waals surface area (Å²) < 4.78 is 15.5. The summed E-state index contributed by atoms with van der Waals surface area (Å²) in [6, 6.07) is 13.7. The number of carbonyl (C=O) groups is 1. The Kier molecular flexibility index (Phi) is 2.99. The predicted molar refractivity (Wildman–Crippen MR) is 74.4 cm³/mol. The molecule has 20 heavy (non-hydrogen) atoms. The van der Waals surface area contributed by atoms with E-state index < -0.39 is 5.97 Å². The third-order valence-corrected chi connectivity index (χ3v) is 3.32. The maximum Gasteiger partial charge on any atom is 0.337 e. The molecule has 2 aromatic carbocycles. The van der Waals surface area contributed by atoms with Crippen LogP contribution in [0.25, 0.3) is 10.9 Å². The minimum Gasteiger partial charge on any atom is -0.478 e. The van der Waals surface area contributed by atoms with E-state index in [9.17, 15) is 14.3 Å². The van der Waals surface area contributed by atoms with Crippen LogP contribution in [-0.2, 0) is 6.54 Å². The minimum absolute atomic E-state index is 0.233. The molecule has 0 unspecified atom stereocenters. The van der Waals surface area contributed by atoms with Crippen LogP contribution in [0.15, 0.2) is 54.7 Å². The summed E-state index contributed by atoms with van der Waals surface area (Å²) >= 11 is 0. The van der Waals surface area contributed by atoms with Crippen LogP contribution in [0.1, 0.15) is 15.9 Å². The molecule has 0 aliphatic rings. The zero-order valence-electron chi connectivity index (χ0n) is 10.6. The van der Waals surface area contributed by atoms with Crippen molar-refractivity contribution in [1.29, 1.82) is 0 Å². The van der Waals surface area contributed by atoms with Gasteiger partial charge in [0.25, 0.3) is 0 Å². The number of rotatable bonds is 3. The Hall–Kier alpha value is -2.62. The SMILES string of the molecule is O=C(O)c1cn(Cc2ccccc2F)c2ccccc12. The number of nitrogens with zero attached hydrogens (tertiary/aromatic N) is 1. The van der Waals surface area contributed by atoms with Crippen molar-refractivity contribution in [1.82, 2.24) is 4.57 Å². The third-order valence-electron chi connectivity index (χ3n) is 3.32. The van der Waals surface area contributed by atoms with Gasteiger partial charge in [0.15, 0.2) is 0 Å². The van der Waals surface area contributed by atoms with Gasteiger partial charge in [0.2, 0.25) is 0 Å². The molecule has 3 nitrogen and oxygen atoms in total. The number of hydrogen-bond donors (Lipinski definition) is 1. The topological polar surface area (TPSA) is 42.2 Å². The summed E-state index contributed by atoms with van der Waals surface area (Å²) in [6.07, 6.45) is 1.55. The van der Waals surface area contributed by atoms with E-state index in [1.165, 1.54) is 6.07 Å². The van der Waals surface area contributed by atoms with Crippen LogP contribution < -0.4 is 0 Å². The lowest BCUT2D eigenvalue weighted by Gasteiger charge is -2.06. The number of benzene rings is 2. The molecule has 0 amide bonds. The maximum atomic E-state index is 13.7. The van der Waals surface area contributed by atoms with Gasteiger partial charge < -0.3 is 9.67 Å². The monoisotopic (exact) mass is 269 g/mol. The van der Waals surface area contributed by atoms with Crippen LogP contribution in [0.4, 0.5) is 4.39 Å². The van der Waals surface area contributed by atoms with E-state index in [0.29, 0.717) is 17.5 Å². The average molecular weight is 269 g/mol. The zero-order valence-corrected chi connectivity index (χ0v) is 10.6. The first-order valence-corrected chi connectivity index (χ1v) is 6.21. The molecule has 1 N–H and O–H groups in total. The summed E-state index contributed by atoms with van der Waals surface area (Å²) in [7, 11) is 0. The lowest BCUT2D eigenvalue weighted by Crippen LogP contribution is -2.00. The van der Waals surface area contributed by atoms with E-state index in [0.717, 1.165) is 5.52 Å². The molecule has 0 saturated carbocycles. The smallest absolute Gasteiger partial charge is 0.337 e. The molecule has 3 aromatic rings. The first-order chi connectivity index (χ1) is 9.66. The highest BCUT2D eigenvalue weighted by molar-refractivity contribution is 6.03. The number of aromatic carboxylic acids is 1. The summed E-state index contributed by atoms with van der Waals surface area (Å²) in [6.45, 7) is 0.306. The second kappa shape index (κ2) is 4.81. The largest absolute Gasteiger partial charge is 0.478 e. The van der Waals surface area contributed by atoms with Crippen molar-refractivity contribution in [3.63, 3.8) is 0 Å². The number of hydrogen-bond acceptors (Lipinski definition) is 1. The lowest BCUT2D eigenvalue weighted by atomic mass is 10.2. The lowest BCUT2D eigenvalue weighted by molar-refractivity contribution is 0.0699. The Labute approximate surface area is 114 Å². The van der Waals surface area contributed by atoms with Crippen molar-refractivity contribution in [2.45, 2.75) is 6.54 Å². The quantitative estimate of drug-likeness (QED) is 0.790. The van der Waals surface area contributed by atoms with Gasteiger partial charge in [-0.15, -0.1) is 0 Å². The van der Waals surface area contributed by atoms with E-state index in [4.69, 9.17) is 0 Å². The van der Waals surface area contributed by atoms with Crippen LogP contribution in [0.5, 0.6) is 0 Å². The molecule has 0 saturated heterocycles. The molecule has 3 rings (SSSR count). The molecule has 4 heteroatoms. The van der Waals surface area contributed by atoms with E-state index in [2.05, 4.69) is 0 Å². The molecular formula is C16H12FNO2. The highest BCUT2D eigenvalue weighted by Gasteiger charge is 2.14. The molecule has 0 fully saturated rings. The Balaban J connectivity index is 2.13. The van der Waals surface area contributed by atoms with Crippen LogP contribution in [-0.4, -0.2) is 15.6 Å². The highest BCUT2D eigenvalue weighted by atomic mass is 19.1. The zero-order chi connectivity index (χ0) is 14.1. The fourth-order valence-electron chi connectivity index (χ4n) is 2.36. The molecule has 100 valence electrons. The van der Waals surface area contributed by atoms with Gasteiger partial charge in [0.1, 0.15) is 5.82 Å². The number of carboxylic acids is 1. The Morgan fingerprint density at radius 3 is 2.55 bits per heavy atom. The molecule has 0 aliphatic carbocycles. The fraction of sp³-hybridized carbons (Fsp3) is 0.0625. The normalized spacial score (nSPS) is 10.8. The fourth-order valence-corrected chi connectivity index (χ4v) is 2.36. The van der Waals surface area contributed by atoms with Crippen LogP contribution >= 0.6 is 0 Å². The molecule has 1 aromatic heterocycles. The highest BCUT2D eigenvalue weighted by Crippen LogP contribution is 2.23. The molecule has 0 bridgehead atoms. The van der Waals surface area contributed by atoms with Crippen molar-refractivity contribution in [3.8, 4) is 0 Å². The molecule has 0 spiro atoms. The van der Waals surface area contributed by atoms with Crippen molar-refractivity contribution in [2.75, 3.05) is 0 Å². The molecule has 0 aliphatic heterocycles. The Bertz CT molecular complexity index is 792. The van der Waals surface area contributed by atoms with Crippen LogP contribution in [0.2, 0.25) is 0 Å². The Morgan fingerprint density at radius 1 is 1.10 bits per heavy atom. The molecule has 0 atom stereocenters.